The highest BCUT2D eigenvalue weighted by molar-refractivity contribution is 6.22. The Morgan fingerprint density at radius 2 is 1.77 bits per heavy atom. The van der Waals surface area contributed by atoms with Crippen LogP contribution in [-0.4, -0.2) is 47.3 Å². The molecule has 1 aliphatic rings. The van der Waals surface area contributed by atoms with Crippen LogP contribution in [0.2, 0.25) is 0 Å². The molecule has 1 aliphatic heterocycles. The number of imide groups is 1. The number of nitriles is 1. The van der Waals surface area contributed by atoms with Crippen LogP contribution < -0.4 is 5.32 Å². The minimum absolute atomic E-state index is 0.148. The Balaban J connectivity index is 1.91. The molecule has 1 atom stereocenters. The lowest BCUT2D eigenvalue weighted by molar-refractivity contribution is -0.149. The van der Waals surface area contributed by atoms with Gasteiger partial charge in [0, 0.05) is 0 Å². The molecule has 0 fully saturated rings. The van der Waals surface area contributed by atoms with Gasteiger partial charge in [0.25, 0.3) is 17.7 Å². The number of fused-ring (bicyclic) bond motifs is 1. The van der Waals surface area contributed by atoms with E-state index in [4.69, 9.17) is 10.00 Å². The second-order valence-electron chi connectivity index (χ2n) is 6.42. The average Bonchev–Trinajstić information content (AvgIpc) is 2.85. The van der Waals surface area contributed by atoms with Crippen molar-refractivity contribution in [3.8, 4) is 6.07 Å². The highest BCUT2D eigenvalue weighted by Gasteiger charge is 2.37. The van der Waals surface area contributed by atoms with E-state index in [0.717, 1.165) is 4.90 Å². The van der Waals surface area contributed by atoms with Gasteiger partial charge in [-0.15, -0.1) is 0 Å². The van der Waals surface area contributed by atoms with Gasteiger partial charge in [0.1, 0.15) is 12.1 Å². The van der Waals surface area contributed by atoms with Crippen LogP contribution in [0.15, 0.2) is 24.3 Å². The molecule has 0 spiro atoms. The molecule has 136 valence electrons. The molecular weight excluding hydrogens is 338 g/mol. The van der Waals surface area contributed by atoms with Crippen molar-refractivity contribution in [3.63, 3.8) is 0 Å². The van der Waals surface area contributed by atoms with E-state index in [0.29, 0.717) is 0 Å². The topological polar surface area (TPSA) is 117 Å². The van der Waals surface area contributed by atoms with Gasteiger partial charge in [-0.2, -0.15) is 5.26 Å². The van der Waals surface area contributed by atoms with Crippen LogP contribution in [0.4, 0.5) is 0 Å². The largest absolute Gasteiger partial charge is 0.454 e. The highest BCUT2D eigenvalue weighted by atomic mass is 16.5. The summed E-state index contributed by atoms with van der Waals surface area (Å²) in [6.45, 7) is 3.93. The summed E-state index contributed by atoms with van der Waals surface area (Å²) in [5, 5.41) is 11.7. The van der Waals surface area contributed by atoms with Crippen LogP contribution in [0.1, 0.15) is 41.5 Å². The number of rotatable bonds is 6. The zero-order valence-electron chi connectivity index (χ0n) is 14.7. The van der Waals surface area contributed by atoms with E-state index >= 15 is 0 Å². The number of nitrogens with one attached hydrogen (secondary N) is 1. The smallest absolute Gasteiger partial charge is 0.326 e. The standard InChI is InChI=1S/C18H19N3O5/c1-11(2)18(3,10-19)20-14(22)9-26-15(23)8-21-16(24)12-6-4-5-7-13(12)17(21)25/h4-7,11H,8-9H2,1-3H3,(H,20,22)/t18-/m1/s1. The number of carbonyl (C=O) groups is 4. The molecule has 0 saturated carbocycles. The monoisotopic (exact) mass is 357 g/mol. The van der Waals surface area contributed by atoms with Crippen molar-refractivity contribution >= 4 is 23.7 Å². The van der Waals surface area contributed by atoms with Crippen LogP contribution in [0.5, 0.6) is 0 Å². The number of hydrogen-bond acceptors (Lipinski definition) is 6. The minimum atomic E-state index is -1.09. The van der Waals surface area contributed by atoms with Crippen molar-refractivity contribution in [2.45, 2.75) is 26.3 Å². The second kappa shape index (κ2) is 7.35. The number of esters is 1. The third-order valence-electron chi connectivity index (χ3n) is 4.32. The van der Waals surface area contributed by atoms with Crippen molar-refractivity contribution in [2.75, 3.05) is 13.2 Å². The first-order valence-electron chi connectivity index (χ1n) is 8.02. The Hall–Kier alpha value is -3.21. The fourth-order valence-corrected chi connectivity index (χ4v) is 2.33. The first-order valence-corrected chi connectivity index (χ1v) is 8.02. The fourth-order valence-electron chi connectivity index (χ4n) is 2.33. The van der Waals surface area contributed by atoms with Crippen LogP contribution in [0, 0.1) is 17.2 Å². The number of carbonyl (C=O) groups excluding carboxylic acids is 4. The van der Waals surface area contributed by atoms with Gasteiger partial charge in [0.2, 0.25) is 0 Å². The lowest BCUT2D eigenvalue weighted by Crippen LogP contribution is -2.50. The molecule has 1 aromatic carbocycles. The molecule has 0 radical (unpaired) electrons. The first kappa shape index (κ1) is 19.1. The summed E-state index contributed by atoms with van der Waals surface area (Å²) >= 11 is 0. The SMILES string of the molecule is CC(C)[C@@](C)(C#N)NC(=O)COC(=O)CN1C(=O)c2ccccc2C1=O. The number of benzene rings is 1. The Bertz CT molecular complexity index is 776. The molecule has 8 heteroatoms. The van der Waals surface area contributed by atoms with Gasteiger partial charge in [-0.1, -0.05) is 26.0 Å². The Morgan fingerprint density at radius 3 is 2.23 bits per heavy atom. The predicted molar refractivity (Wildman–Crippen MR) is 89.8 cm³/mol. The van der Waals surface area contributed by atoms with Gasteiger partial charge in [0.15, 0.2) is 6.61 Å². The number of hydrogen-bond donors (Lipinski definition) is 1. The Morgan fingerprint density at radius 1 is 1.23 bits per heavy atom. The maximum absolute atomic E-state index is 12.2. The maximum Gasteiger partial charge on any atom is 0.326 e. The van der Waals surface area contributed by atoms with Crippen LogP contribution in [-0.2, 0) is 14.3 Å². The molecule has 8 nitrogen and oxygen atoms in total. The Kier molecular flexibility index (Phi) is 5.41. The molecule has 3 amide bonds. The summed E-state index contributed by atoms with van der Waals surface area (Å²) in [4.78, 5) is 48.9. The molecule has 0 aliphatic carbocycles. The molecule has 1 heterocycles. The molecule has 2 rings (SSSR count). The third kappa shape index (κ3) is 3.72. The Labute approximate surface area is 150 Å². The molecule has 0 aromatic heterocycles. The van der Waals surface area contributed by atoms with Gasteiger partial charge in [-0.3, -0.25) is 24.1 Å². The van der Waals surface area contributed by atoms with Crippen LogP contribution >= 0.6 is 0 Å². The maximum atomic E-state index is 12.2. The van der Waals surface area contributed by atoms with Gasteiger partial charge < -0.3 is 10.1 Å². The van der Waals surface area contributed by atoms with Gasteiger partial charge >= 0.3 is 5.97 Å². The summed E-state index contributed by atoms with van der Waals surface area (Å²) < 4.78 is 4.82. The molecule has 0 saturated heterocycles. The van der Waals surface area contributed by atoms with Crippen molar-refractivity contribution in [3.05, 3.63) is 35.4 Å². The third-order valence-corrected chi connectivity index (χ3v) is 4.32. The van der Waals surface area contributed by atoms with E-state index in [1.807, 2.05) is 6.07 Å². The number of ether oxygens (including phenoxy) is 1. The van der Waals surface area contributed by atoms with E-state index in [2.05, 4.69) is 5.32 Å². The average molecular weight is 357 g/mol. The summed E-state index contributed by atoms with van der Waals surface area (Å²) in [5.74, 6) is -2.84. The van der Waals surface area contributed by atoms with Gasteiger partial charge in [-0.25, -0.2) is 0 Å². The lowest BCUT2D eigenvalue weighted by Gasteiger charge is -2.27. The lowest BCUT2D eigenvalue weighted by atomic mass is 9.90. The summed E-state index contributed by atoms with van der Waals surface area (Å²) in [7, 11) is 0. The van der Waals surface area contributed by atoms with E-state index in [9.17, 15) is 19.2 Å². The van der Waals surface area contributed by atoms with Gasteiger partial charge in [0.05, 0.1) is 17.2 Å². The molecule has 26 heavy (non-hydrogen) atoms. The molecule has 0 unspecified atom stereocenters. The van der Waals surface area contributed by atoms with E-state index in [1.165, 1.54) is 12.1 Å². The van der Waals surface area contributed by atoms with Gasteiger partial charge in [-0.05, 0) is 25.0 Å². The van der Waals surface area contributed by atoms with Crippen LogP contribution in [0.25, 0.3) is 0 Å². The van der Waals surface area contributed by atoms with Crippen molar-refractivity contribution in [1.82, 2.24) is 10.2 Å². The van der Waals surface area contributed by atoms with E-state index in [1.54, 1.807) is 32.9 Å². The minimum Gasteiger partial charge on any atom is -0.454 e. The van der Waals surface area contributed by atoms with Crippen molar-refractivity contribution < 1.29 is 23.9 Å². The second-order valence-corrected chi connectivity index (χ2v) is 6.42. The highest BCUT2D eigenvalue weighted by Crippen LogP contribution is 2.22. The first-order chi connectivity index (χ1) is 12.2. The van der Waals surface area contributed by atoms with Crippen LogP contribution in [0.3, 0.4) is 0 Å². The van der Waals surface area contributed by atoms with E-state index < -0.39 is 42.4 Å². The van der Waals surface area contributed by atoms with Crippen molar-refractivity contribution in [1.29, 1.82) is 5.26 Å². The zero-order valence-corrected chi connectivity index (χ0v) is 14.7. The van der Waals surface area contributed by atoms with Crippen molar-refractivity contribution in [2.24, 2.45) is 5.92 Å². The number of nitrogens with zero attached hydrogens (tertiary/aromatic N) is 2. The predicted octanol–water partition coefficient (Wildman–Crippen LogP) is 0.880. The molecule has 0 bridgehead atoms. The summed E-state index contributed by atoms with van der Waals surface area (Å²) in [6, 6.07) is 8.26. The van der Waals surface area contributed by atoms with E-state index in [-0.39, 0.29) is 17.0 Å². The summed E-state index contributed by atoms with van der Waals surface area (Å²) in [5.41, 5.74) is -0.638. The zero-order chi connectivity index (χ0) is 19.5. The molecule has 1 N–H and O–H groups in total. The normalized spacial score (nSPS) is 15.3. The fraction of sp³-hybridized carbons (Fsp3) is 0.389. The quantitative estimate of drug-likeness (QED) is 0.597. The molecule has 1 aromatic rings. The molecular formula is C18H19N3O5. The number of amides is 3. The summed E-state index contributed by atoms with van der Waals surface area (Å²) in [6.07, 6.45) is 0.